The molecule has 0 aliphatic carbocycles. The minimum atomic E-state index is -0.197. The Morgan fingerprint density at radius 3 is 2.81 bits per heavy atom. The second-order valence-electron chi connectivity index (χ2n) is 4.47. The van der Waals surface area contributed by atoms with Crippen LogP contribution < -0.4 is 5.32 Å². The number of nitrogens with zero attached hydrogens (tertiary/aromatic N) is 1. The molecule has 1 saturated heterocycles. The van der Waals surface area contributed by atoms with E-state index in [-0.39, 0.29) is 12.1 Å². The molecule has 88 valence electrons. The van der Waals surface area contributed by atoms with Gasteiger partial charge in [-0.2, -0.15) is 0 Å². The van der Waals surface area contributed by atoms with Gasteiger partial charge in [-0.15, -0.1) is 0 Å². The van der Waals surface area contributed by atoms with Crippen LogP contribution in [0.5, 0.6) is 0 Å². The van der Waals surface area contributed by atoms with E-state index in [1.54, 1.807) is 0 Å². The van der Waals surface area contributed by atoms with Gasteiger partial charge in [0.2, 0.25) is 0 Å². The summed E-state index contributed by atoms with van der Waals surface area (Å²) in [6.45, 7) is 2.88. The fraction of sp³-hybridized carbons (Fsp3) is 0.538. The summed E-state index contributed by atoms with van der Waals surface area (Å²) in [7, 11) is 1.92. The maximum Gasteiger partial charge on any atom is 0.0717 e. The average Bonchev–Trinajstić information content (AvgIpc) is 2.33. The van der Waals surface area contributed by atoms with E-state index in [0.29, 0.717) is 0 Å². The SMILES string of the molecule is CNC1CN(Cc2ccccc2)CCC1O. The summed E-state index contributed by atoms with van der Waals surface area (Å²) >= 11 is 0. The zero-order chi connectivity index (χ0) is 11.4. The van der Waals surface area contributed by atoms with E-state index >= 15 is 0 Å². The lowest BCUT2D eigenvalue weighted by Gasteiger charge is -2.36. The zero-order valence-electron chi connectivity index (χ0n) is 9.76. The van der Waals surface area contributed by atoms with Gasteiger partial charge in [0.1, 0.15) is 0 Å². The molecule has 2 N–H and O–H groups in total. The smallest absolute Gasteiger partial charge is 0.0717 e. The van der Waals surface area contributed by atoms with Crippen LogP contribution in [0.4, 0.5) is 0 Å². The number of rotatable bonds is 3. The first-order chi connectivity index (χ1) is 7.79. The predicted molar refractivity (Wildman–Crippen MR) is 65.2 cm³/mol. The van der Waals surface area contributed by atoms with Gasteiger partial charge in [-0.25, -0.2) is 0 Å². The van der Waals surface area contributed by atoms with Crippen molar-refractivity contribution in [2.45, 2.75) is 25.1 Å². The summed E-state index contributed by atoms with van der Waals surface area (Å²) in [6, 6.07) is 10.7. The summed E-state index contributed by atoms with van der Waals surface area (Å²) in [5, 5.41) is 12.9. The number of benzene rings is 1. The summed E-state index contributed by atoms with van der Waals surface area (Å²) in [5.41, 5.74) is 1.34. The highest BCUT2D eigenvalue weighted by atomic mass is 16.3. The number of hydrogen-bond donors (Lipinski definition) is 2. The number of likely N-dealkylation sites (tertiary alicyclic amines) is 1. The zero-order valence-corrected chi connectivity index (χ0v) is 9.76. The lowest BCUT2D eigenvalue weighted by Crippen LogP contribution is -2.52. The highest BCUT2D eigenvalue weighted by Crippen LogP contribution is 2.13. The number of hydrogen-bond acceptors (Lipinski definition) is 3. The summed E-state index contributed by atoms with van der Waals surface area (Å²) in [6.07, 6.45) is 0.662. The highest BCUT2D eigenvalue weighted by Gasteiger charge is 2.25. The molecule has 0 aromatic heterocycles. The van der Waals surface area contributed by atoms with Crippen LogP contribution in [0.25, 0.3) is 0 Å². The number of piperidine rings is 1. The van der Waals surface area contributed by atoms with Crippen LogP contribution in [0, 0.1) is 0 Å². The quantitative estimate of drug-likeness (QED) is 0.792. The molecule has 1 heterocycles. The first-order valence-electron chi connectivity index (χ1n) is 5.91. The Bertz CT molecular complexity index is 315. The fourth-order valence-corrected chi connectivity index (χ4v) is 2.28. The molecule has 1 fully saturated rings. The predicted octanol–water partition coefficient (Wildman–Crippen LogP) is 0.841. The molecule has 0 saturated carbocycles. The van der Waals surface area contributed by atoms with Crippen molar-refractivity contribution >= 4 is 0 Å². The van der Waals surface area contributed by atoms with Gasteiger partial charge in [0.05, 0.1) is 6.10 Å². The molecule has 3 nitrogen and oxygen atoms in total. The van der Waals surface area contributed by atoms with Gasteiger partial charge in [0.15, 0.2) is 0 Å². The summed E-state index contributed by atoms with van der Waals surface area (Å²) in [4.78, 5) is 2.39. The minimum Gasteiger partial charge on any atom is -0.391 e. The highest BCUT2D eigenvalue weighted by molar-refractivity contribution is 5.14. The molecule has 1 aliphatic rings. The van der Waals surface area contributed by atoms with Gasteiger partial charge in [0.25, 0.3) is 0 Å². The van der Waals surface area contributed by atoms with Crippen molar-refractivity contribution in [1.82, 2.24) is 10.2 Å². The third-order valence-electron chi connectivity index (χ3n) is 3.28. The molecule has 3 heteroatoms. The van der Waals surface area contributed by atoms with Gasteiger partial charge < -0.3 is 10.4 Å². The maximum atomic E-state index is 9.76. The molecule has 0 radical (unpaired) electrons. The Balaban J connectivity index is 1.92. The number of nitrogens with one attached hydrogen (secondary N) is 1. The molecule has 0 amide bonds. The first kappa shape index (κ1) is 11.6. The Morgan fingerprint density at radius 1 is 1.38 bits per heavy atom. The summed E-state index contributed by atoms with van der Waals surface area (Å²) in [5.74, 6) is 0. The van der Waals surface area contributed by atoms with Crippen LogP contribution in [0.1, 0.15) is 12.0 Å². The fourth-order valence-electron chi connectivity index (χ4n) is 2.28. The van der Waals surface area contributed by atoms with Crippen LogP contribution in [0.3, 0.4) is 0 Å². The van der Waals surface area contributed by atoms with Crippen molar-refractivity contribution in [1.29, 1.82) is 0 Å². The van der Waals surface area contributed by atoms with Crippen molar-refractivity contribution in [3.63, 3.8) is 0 Å². The largest absolute Gasteiger partial charge is 0.391 e. The molecule has 0 bridgehead atoms. The minimum absolute atomic E-state index is 0.197. The van der Waals surface area contributed by atoms with Crippen molar-refractivity contribution in [3.05, 3.63) is 35.9 Å². The molecule has 0 spiro atoms. The van der Waals surface area contributed by atoms with Gasteiger partial charge in [-0.3, -0.25) is 4.90 Å². The van der Waals surface area contributed by atoms with Gasteiger partial charge in [-0.1, -0.05) is 30.3 Å². The van der Waals surface area contributed by atoms with Crippen LogP contribution in [0.2, 0.25) is 0 Å². The van der Waals surface area contributed by atoms with Crippen LogP contribution in [-0.4, -0.2) is 42.3 Å². The lowest BCUT2D eigenvalue weighted by atomic mass is 10.0. The van der Waals surface area contributed by atoms with E-state index < -0.39 is 0 Å². The van der Waals surface area contributed by atoms with Gasteiger partial charge in [-0.05, 0) is 19.0 Å². The standard InChI is InChI=1S/C13H20N2O/c1-14-12-10-15(8-7-13(12)16)9-11-5-3-2-4-6-11/h2-6,12-14,16H,7-10H2,1H3. The topological polar surface area (TPSA) is 35.5 Å². The average molecular weight is 220 g/mol. The Hall–Kier alpha value is -0.900. The molecule has 16 heavy (non-hydrogen) atoms. The van der Waals surface area contributed by atoms with Crippen LogP contribution in [0.15, 0.2) is 30.3 Å². The third kappa shape index (κ3) is 2.82. The third-order valence-corrected chi connectivity index (χ3v) is 3.28. The maximum absolute atomic E-state index is 9.76. The van der Waals surface area contributed by atoms with Crippen LogP contribution in [-0.2, 0) is 6.54 Å². The van der Waals surface area contributed by atoms with E-state index in [4.69, 9.17) is 0 Å². The molecule has 1 aromatic rings. The monoisotopic (exact) mass is 220 g/mol. The molecular formula is C13H20N2O. The molecule has 1 aromatic carbocycles. The number of likely N-dealkylation sites (N-methyl/N-ethyl adjacent to an activating group) is 1. The number of aliphatic hydroxyl groups is 1. The second kappa shape index (κ2) is 5.43. The Kier molecular flexibility index (Phi) is 3.93. The molecule has 1 aliphatic heterocycles. The van der Waals surface area contributed by atoms with E-state index in [1.165, 1.54) is 5.56 Å². The lowest BCUT2D eigenvalue weighted by molar-refractivity contribution is 0.0475. The van der Waals surface area contributed by atoms with Gasteiger partial charge in [0, 0.05) is 25.7 Å². The van der Waals surface area contributed by atoms with E-state index in [1.807, 2.05) is 13.1 Å². The molecule has 2 unspecified atom stereocenters. The van der Waals surface area contributed by atoms with Crippen LogP contribution >= 0.6 is 0 Å². The van der Waals surface area contributed by atoms with Crippen molar-refractivity contribution < 1.29 is 5.11 Å². The Morgan fingerprint density at radius 2 is 2.12 bits per heavy atom. The molecular weight excluding hydrogens is 200 g/mol. The van der Waals surface area contributed by atoms with E-state index in [9.17, 15) is 5.11 Å². The van der Waals surface area contributed by atoms with E-state index in [0.717, 1.165) is 26.1 Å². The van der Waals surface area contributed by atoms with Crippen molar-refractivity contribution in [2.75, 3.05) is 20.1 Å². The normalized spacial score (nSPS) is 26.9. The first-order valence-corrected chi connectivity index (χ1v) is 5.91. The van der Waals surface area contributed by atoms with Gasteiger partial charge >= 0.3 is 0 Å². The van der Waals surface area contributed by atoms with Crippen molar-refractivity contribution in [2.24, 2.45) is 0 Å². The molecule has 2 atom stereocenters. The molecule has 2 rings (SSSR count). The van der Waals surface area contributed by atoms with E-state index in [2.05, 4.69) is 34.5 Å². The number of aliphatic hydroxyl groups excluding tert-OH is 1. The Labute approximate surface area is 97.1 Å². The summed E-state index contributed by atoms with van der Waals surface area (Å²) < 4.78 is 0. The second-order valence-corrected chi connectivity index (χ2v) is 4.47. The van der Waals surface area contributed by atoms with Crippen molar-refractivity contribution in [3.8, 4) is 0 Å².